The van der Waals surface area contributed by atoms with E-state index >= 15 is 0 Å². The Morgan fingerprint density at radius 3 is 2.50 bits per heavy atom. The second-order valence-electron chi connectivity index (χ2n) is 6.30. The molecule has 0 spiro atoms. The van der Waals surface area contributed by atoms with Gasteiger partial charge in [0.25, 0.3) is 0 Å². The minimum absolute atomic E-state index is 0.210. The highest BCUT2D eigenvalue weighted by molar-refractivity contribution is 6.30. The summed E-state index contributed by atoms with van der Waals surface area (Å²) < 4.78 is 0. The number of nitrogens with one attached hydrogen (secondary N) is 2. The van der Waals surface area contributed by atoms with Crippen LogP contribution >= 0.6 is 11.6 Å². The summed E-state index contributed by atoms with van der Waals surface area (Å²) in [6, 6.07) is 15.4. The Morgan fingerprint density at radius 1 is 1.17 bits per heavy atom. The number of rotatable bonds is 4. The van der Waals surface area contributed by atoms with Crippen LogP contribution in [0.5, 0.6) is 0 Å². The van der Waals surface area contributed by atoms with Crippen LogP contribution in [0.15, 0.2) is 48.5 Å². The molecule has 2 aromatic rings. The molecule has 4 nitrogen and oxygen atoms in total. The first-order valence-electron chi connectivity index (χ1n) is 8.18. The second kappa shape index (κ2) is 7.69. The molecular weight excluding hydrogens is 322 g/mol. The summed E-state index contributed by atoms with van der Waals surface area (Å²) in [5.41, 5.74) is 3.15. The summed E-state index contributed by atoms with van der Waals surface area (Å²) in [5.74, 6) is 0.600. The summed E-state index contributed by atoms with van der Waals surface area (Å²) in [6.07, 6.45) is 1.20. The predicted molar refractivity (Wildman–Crippen MR) is 98.6 cm³/mol. The molecule has 2 N–H and O–H groups in total. The quantitative estimate of drug-likeness (QED) is 0.878. The van der Waals surface area contributed by atoms with Crippen LogP contribution in [-0.2, 0) is 6.54 Å². The van der Waals surface area contributed by atoms with E-state index in [1.54, 1.807) is 0 Å². The zero-order chi connectivity index (χ0) is 16.9. The monoisotopic (exact) mass is 343 g/mol. The number of nitrogens with zero attached hydrogens (tertiary/aromatic N) is 1. The van der Waals surface area contributed by atoms with Crippen molar-refractivity contribution in [2.24, 2.45) is 0 Å². The topological polar surface area (TPSA) is 44.4 Å². The summed E-state index contributed by atoms with van der Waals surface area (Å²) in [7, 11) is 2.15. The average Bonchev–Trinajstić information content (AvgIpc) is 3.01. The smallest absolute Gasteiger partial charge is 0.319 e. The Hall–Kier alpha value is -2.04. The Morgan fingerprint density at radius 2 is 1.88 bits per heavy atom. The molecule has 0 aliphatic carbocycles. The summed E-state index contributed by atoms with van der Waals surface area (Å²) >= 11 is 5.85. The van der Waals surface area contributed by atoms with E-state index in [1.165, 1.54) is 12.0 Å². The van der Waals surface area contributed by atoms with E-state index in [4.69, 9.17) is 11.6 Å². The van der Waals surface area contributed by atoms with Crippen molar-refractivity contribution in [3.63, 3.8) is 0 Å². The molecule has 0 saturated carbocycles. The van der Waals surface area contributed by atoms with Gasteiger partial charge in [-0.05, 0) is 61.3 Å². The van der Waals surface area contributed by atoms with Crippen LogP contribution in [-0.4, -0.2) is 31.1 Å². The number of carbonyl (C=O) groups excluding carboxylic acids is 1. The molecule has 2 amide bonds. The van der Waals surface area contributed by atoms with E-state index in [0.717, 1.165) is 24.3 Å². The molecule has 1 heterocycles. The minimum Gasteiger partial charge on any atom is -0.334 e. The van der Waals surface area contributed by atoms with Crippen molar-refractivity contribution < 1.29 is 4.79 Å². The van der Waals surface area contributed by atoms with Gasteiger partial charge in [-0.3, -0.25) is 0 Å². The van der Waals surface area contributed by atoms with Crippen molar-refractivity contribution in [1.82, 2.24) is 10.2 Å². The van der Waals surface area contributed by atoms with Crippen molar-refractivity contribution in [3.8, 4) is 0 Å². The highest BCUT2D eigenvalue weighted by Gasteiger charge is 2.20. The highest BCUT2D eigenvalue weighted by atomic mass is 35.5. The third-order valence-electron chi connectivity index (χ3n) is 4.40. The number of hydrogen-bond donors (Lipinski definition) is 2. The van der Waals surface area contributed by atoms with Crippen molar-refractivity contribution in [1.29, 1.82) is 0 Å². The van der Waals surface area contributed by atoms with E-state index in [9.17, 15) is 4.79 Å². The van der Waals surface area contributed by atoms with E-state index in [2.05, 4.69) is 34.7 Å². The van der Waals surface area contributed by atoms with Crippen molar-refractivity contribution in [2.75, 3.05) is 25.5 Å². The van der Waals surface area contributed by atoms with Crippen LogP contribution in [0, 0.1) is 0 Å². The molecule has 0 aromatic heterocycles. The fraction of sp³-hybridized carbons (Fsp3) is 0.316. The largest absolute Gasteiger partial charge is 0.334 e. The summed E-state index contributed by atoms with van der Waals surface area (Å²) in [6.45, 7) is 2.72. The molecule has 0 radical (unpaired) electrons. The Kier molecular flexibility index (Phi) is 5.38. The van der Waals surface area contributed by atoms with E-state index in [0.29, 0.717) is 17.5 Å². The van der Waals surface area contributed by atoms with Crippen molar-refractivity contribution in [3.05, 3.63) is 64.7 Å². The zero-order valence-electron chi connectivity index (χ0n) is 13.8. The Labute approximate surface area is 147 Å². The Balaban J connectivity index is 1.50. The number of anilines is 1. The molecule has 3 rings (SSSR count). The third kappa shape index (κ3) is 4.49. The number of benzene rings is 2. The second-order valence-corrected chi connectivity index (χ2v) is 6.74. The van der Waals surface area contributed by atoms with E-state index < -0.39 is 0 Å². The van der Waals surface area contributed by atoms with Gasteiger partial charge in [0.2, 0.25) is 0 Å². The van der Waals surface area contributed by atoms with Crippen molar-refractivity contribution >= 4 is 23.3 Å². The van der Waals surface area contributed by atoms with Crippen LogP contribution in [0.1, 0.15) is 23.5 Å². The summed E-state index contributed by atoms with van der Waals surface area (Å²) in [5, 5.41) is 6.40. The first kappa shape index (κ1) is 16.8. The maximum absolute atomic E-state index is 12.0. The molecule has 1 atom stereocenters. The summed E-state index contributed by atoms with van der Waals surface area (Å²) in [4.78, 5) is 14.3. The van der Waals surface area contributed by atoms with Gasteiger partial charge in [-0.1, -0.05) is 35.9 Å². The number of likely N-dealkylation sites (N-methyl/N-ethyl adjacent to an activating group) is 1. The lowest BCUT2D eigenvalue weighted by molar-refractivity contribution is 0.251. The molecule has 1 aliphatic heterocycles. The van der Waals surface area contributed by atoms with Gasteiger partial charge < -0.3 is 15.5 Å². The van der Waals surface area contributed by atoms with Crippen molar-refractivity contribution in [2.45, 2.75) is 18.9 Å². The first-order valence-corrected chi connectivity index (χ1v) is 8.56. The van der Waals surface area contributed by atoms with Crippen LogP contribution in [0.2, 0.25) is 5.02 Å². The maximum atomic E-state index is 12.0. The van der Waals surface area contributed by atoms with Gasteiger partial charge in [0.05, 0.1) is 0 Å². The highest BCUT2D eigenvalue weighted by Crippen LogP contribution is 2.27. The Bertz CT molecular complexity index is 685. The molecule has 5 heteroatoms. The fourth-order valence-corrected chi connectivity index (χ4v) is 3.13. The third-order valence-corrected chi connectivity index (χ3v) is 4.65. The van der Waals surface area contributed by atoms with Crippen LogP contribution < -0.4 is 10.6 Å². The number of likely N-dealkylation sites (tertiary alicyclic amines) is 1. The molecule has 24 heavy (non-hydrogen) atoms. The standard InChI is InChI=1S/C19H22ClN3O/c1-23-11-10-16(13-23)15-4-8-18(9-5-15)22-19(24)21-12-14-2-6-17(20)7-3-14/h2-9,16H,10-13H2,1H3,(H2,21,22,24). The SMILES string of the molecule is CN1CCC(c2ccc(NC(=O)NCc3ccc(Cl)cc3)cc2)C1. The molecule has 2 aromatic carbocycles. The first-order chi connectivity index (χ1) is 11.6. The minimum atomic E-state index is -0.210. The number of hydrogen-bond acceptors (Lipinski definition) is 2. The molecular formula is C19H22ClN3O. The fourth-order valence-electron chi connectivity index (χ4n) is 3.01. The van der Waals surface area contributed by atoms with Gasteiger partial charge in [-0.25, -0.2) is 4.79 Å². The van der Waals surface area contributed by atoms with Gasteiger partial charge in [0, 0.05) is 23.8 Å². The van der Waals surface area contributed by atoms with Gasteiger partial charge in [-0.2, -0.15) is 0 Å². The normalized spacial score (nSPS) is 17.7. The molecule has 1 saturated heterocycles. The van der Waals surface area contributed by atoms with Crippen LogP contribution in [0.3, 0.4) is 0 Å². The maximum Gasteiger partial charge on any atom is 0.319 e. The molecule has 1 fully saturated rings. The zero-order valence-corrected chi connectivity index (χ0v) is 14.5. The number of carbonyl (C=O) groups is 1. The number of urea groups is 1. The van der Waals surface area contributed by atoms with Gasteiger partial charge in [0.1, 0.15) is 0 Å². The van der Waals surface area contributed by atoms with Crippen LogP contribution in [0.4, 0.5) is 10.5 Å². The van der Waals surface area contributed by atoms with Crippen LogP contribution in [0.25, 0.3) is 0 Å². The van der Waals surface area contributed by atoms with Gasteiger partial charge >= 0.3 is 6.03 Å². The van der Waals surface area contributed by atoms with E-state index in [-0.39, 0.29) is 6.03 Å². The lowest BCUT2D eigenvalue weighted by Gasteiger charge is -2.12. The molecule has 1 aliphatic rings. The molecule has 1 unspecified atom stereocenters. The average molecular weight is 344 g/mol. The molecule has 126 valence electrons. The lowest BCUT2D eigenvalue weighted by atomic mass is 9.98. The predicted octanol–water partition coefficient (Wildman–Crippen LogP) is 4.08. The number of amides is 2. The number of halogens is 1. The van der Waals surface area contributed by atoms with E-state index in [1.807, 2.05) is 36.4 Å². The molecule has 0 bridgehead atoms. The lowest BCUT2D eigenvalue weighted by Crippen LogP contribution is -2.28. The van der Waals surface area contributed by atoms with Gasteiger partial charge in [-0.15, -0.1) is 0 Å². The van der Waals surface area contributed by atoms with Gasteiger partial charge in [0.15, 0.2) is 0 Å².